The third-order valence-electron chi connectivity index (χ3n) is 5.08. The van der Waals surface area contributed by atoms with Crippen molar-refractivity contribution < 1.29 is 9.53 Å². The summed E-state index contributed by atoms with van der Waals surface area (Å²) in [7, 11) is 0. The van der Waals surface area contributed by atoms with Gasteiger partial charge in [0.2, 0.25) is 0 Å². The van der Waals surface area contributed by atoms with Gasteiger partial charge in [-0.1, -0.05) is 30.3 Å². The van der Waals surface area contributed by atoms with Crippen LogP contribution >= 0.6 is 0 Å². The number of carbonyl (C=O) groups is 1. The highest BCUT2D eigenvalue weighted by Gasteiger charge is 2.19. The van der Waals surface area contributed by atoms with E-state index < -0.39 is 0 Å². The van der Waals surface area contributed by atoms with Gasteiger partial charge in [0.05, 0.1) is 13.2 Å². The molecule has 2 heterocycles. The van der Waals surface area contributed by atoms with Crippen molar-refractivity contribution in [2.45, 2.75) is 19.4 Å². The highest BCUT2D eigenvalue weighted by atomic mass is 16.5. The molecule has 130 valence electrons. The molecule has 2 aromatic carbocycles. The van der Waals surface area contributed by atoms with E-state index in [2.05, 4.69) is 41.3 Å². The molecule has 0 saturated carbocycles. The summed E-state index contributed by atoms with van der Waals surface area (Å²) in [6.07, 6.45) is 2.37. The molecule has 0 N–H and O–H groups in total. The lowest BCUT2D eigenvalue weighted by Crippen LogP contribution is -2.40. The number of hydrogen-bond donors (Lipinski definition) is 0. The first kappa shape index (κ1) is 16.2. The zero-order valence-corrected chi connectivity index (χ0v) is 14.5. The third kappa shape index (κ3) is 3.54. The van der Waals surface area contributed by atoms with Crippen molar-refractivity contribution >= 4 is 11.6 Å². The molecule has 4 rings (SSSR count). The Kier molecular flexibility index (Phi) is 4.70. The summed E-state index contributed by atoms with van der Waals surface area (Å²) in [6, 6.07) is 16.8. The van der Waals surface area contributed by atoms with Crippen LogP contribution in [0, 0.1) is 0 Å². The van der Waals surface area contributed by atoms with Crippen molar-refractivity contribution in [2.24, 2.45) is 0 Å². The SMILES string of the molecule is O=C(c1ccc(CN2CCCc3ccccc32)cc1)N1CCOCC1. The van der Waals surface area contributed by atoms with Crippen molar-refractivity contribution in [3.05, 3.63) is 65.2 Å². The summed E-state index contributed by atoms with van der Waals surface area (Å²) in [4.78, 5) is 16.8. The molecule has 4 nitrogen and oxygen atoms in total. The molecule has 0 atom stereocenters. The molecule has 0 unspecified atom stereocenters. The highest BCUT2D eigenvalue weighted by molar-refractivity contribution is 5.94. The Labute approximate surface area is 149 Å². The Morgan fingerprint density at radius 1 is 0.960 bits per heavy atom. The predicted octanol–water partition coefficient (Wildman–Crippen LogP) is 3.11. The quantitative estimate of drug-likeness (QED) is 0.863. The fourth-order valence-electron chi connectivity index (χ4n) is 3.70. The van der Waals surface area contributed by atoms with Gasteiger partial charge in [0.25, 0.3) is 5.91 Å². The molecule has 0 bridgehead atoms. The Morgan fingerprint density at radius 3 is 2.52 bits per heavy atom. The summed E-state index contributed by atoms with van der Waals surface area (Å²) in [6.45, 7) is 4.63. The minimum Gasteiger partial charge on any atom is -0.378 e. The van der Waals surface area contributed by atoms with E-state index in [-0.39, 0.29) is 5.91 Å². The van der Waals surface area contributed by atoms with E-state index in [1.807, 2.05) is 17.0 Å². The molecule has 25 heavy (non-hydrogen) atoms. The van der Waals surface area contributed by atoms with Gasteiger partial charge in [-0.15, -0.1) is 0 Å². The van der Waals surface area contributed by atoms with Crippen LogP contribution in [0.3, 0.4) is 0 Å². The van der Waals surface area contributed by atoms with E-state index >= 15 is 0 Å². The number of fused-ring (bicyclic) bond motifs is 1. The Bertz CT molecular complexity index is 736. The maximum absolute atomic E-state index is 12.5. The minimum absolute atomic E-state index is 0.109. The van der Waals surface area contributed by atoms with Gasteiger partial charge in [-0.3, -0.25) is 4.79 Å². The summed E-state index contributed by atoms with van der Waals surface area (Å²) < 4.78 is 5.32. The van der Waals surface area contributed by atoms with Crippen molar-refractivity contribution in [3.8, 4) is 0 Å². The lowest BCUT2D eigenvalue weighted by molar-refractivity contribution is 0.0303. The number of carbonyl (C=O) groups excluding carboxylic acids is 1. The van der Waals surface area contributed by atoms with E-state index in [0.29, 0.717) is 26.3 Å². The van der Waals surface area contributed by atoms with Crippen LogP contribution in [0.4, 0.5) is 5.69 Å². The topological polar surface area (TPSA) is 32.8 Å². The van der Waals surface area contributed by atoms with Crippen LogP contribution in [0.25, 0.3) is 0 Å². The molecule has 0 spiro atoms. The molecule has 1 amide bonds. The average Bonchev–Trinajstić information content (AvgIpc) is 2.69. The summed E-state index contributed by atoms with van der Waals surface area (Å²) in [5.41, 5.74) is 4.80. The Balaban J connectivity index is 1.45. The lowest BCUT2D eigenvalue weighted by Gasteiger charge is -2.31. The van der Waals surface area contributed by atoms with Gasteiger partial charge in [-0.25, -0.2) is 0 Å². The number of ether oxygens (including phenoxy) is 1. The second-order valence-corrected chi connectivity index (χ2v) is 6.76. The molecule has 2 aliphatic rings. The summed E-state index contributed by atoms with van der Waals surface area (Å²) in [5, 5.41) is 0. The fourth-order valence-corrected chi connectivity index (χ4v) is 3.70. The molecule has 2 aliphatic heterocycles. The smallest absolute Gasteiger partial charge is 0.254 e. The number of aryl methyl sites for hydroxylation is 1. The molecule has 0 aliphatic carbocycles. The number of amides is 1. The van der Waals surface area contributed by atoms with E-state index in [1.165, 1.54) is 29.7 Å². The maximum atomic E-state index is 12.5. The maximum Gasteiger partial charge on any atom is 0.254 e. The molecule has 1 fully saturated rings. The molecule has 4 heteroatoms. The lowest BCUT2D eigenvalue weighted by atomic mass is 10.0. The van der Waals surface area contributed by atoms with Crippen molar-refractivity contribution in [2.75, 3.05) is 37.7 Å². The first-order valence-corrected chi connectivity index (χ1v) is 9.10. The standard InChI is InChI=1S/C21H24N2O2/c24-21(22-12-14-25-15-13-22)19-9-7-17(8-10-19)16-23-11-3-5-18-4-1-2-6-20(18)23/h1-2,4,6-10H,3,5,11-16H2. The molecule has 1 saturated heterocycles. The zero-order valence-electron chi connectivity index (χ0n) is 14.5. The van der Waals surface area contributed by atoms with Crippen LogP contribution < -0.4 is 4.90 Å². The molecule has 2 aromatic rings. The first-order chi connectivity index (χ1) is 12.3. The number of benzene rings is 2. The number of rotatable bonds is 3. The highest BCUT2D eigenvalue weighted by Crippen LogP contribution is 2.28. The normalized spacial score (nSPS) is 17.3. The third-order valence-corrected chi connectivity index (χ3v) is 5.08. The molecular weight excluding hydrogens is 312 g/mol. The zero-order chi connectivity index (χ0) is 17.1. The first-order valence-electron chi connectivity index (χ1n) is 9.10. The fraction of sp³-hybridized carbons (Fsp3) is 0.381. The van der Waals surface area contributed by atoms with Crippen LogP contribution in [0.1, 0.15) is 27.9 Å². The van der Waals surface area contributed by atoms with E-state index in [9.17, 15) is 4.79 Å². The van der Waals surface area contributed by atoms with Crippen molar-refractivity contribution in [1.29, 1.82) is 0 Å². The van der Waals surface area contributed by atoms with Gasteiger partial charge < -0.3 is 14.5 Å². The second kappa shape index (κ2) is 7.28. The van der Waals surface area contributed by atoms with E-state index in [1.54, 1.807) is 0 Å². The van der Waals surface area contributed by atoms with Gasteiger partial charge in [0.1, 0.15) is 0 Å². The monoisotopic (exact) mass is 336 g/mol. The number of nitrogens with zero attached hydrogens (tertiary/aromatic N) is 2. The van der Waals surface area contributed by atoms with Crippen LogP contribution in [-0.2, 0) is 17.7 Å². The van der Waals surface area contributed by atoms with Crippen LogP contribution in [0.5, 0.6) is 0 Å². The van der Waals surface area contributed by atoms with Crippen LogP contribution in [0.2, 0.25) is 0 Å². The van der Waals surface area contributed by atoms with E-state index in [0.717, 1.165) is 18.7 Å². The van der Waals surface area contributed by atoms with Gasteiger partial charge in [-0.05, 0) is 42.2 Å². The Hall–Kier alpha value is -2.33. The second-order valence-electron chi connectivity index (χ2n) is 6.76. The van der Waals surface area contributed by atoms with Gasteiger partial charge >= 0.3 is 0 Å². The number of anilines is 1. The minimum atomic E-state index is 0.109. The van der Waals surface area contributed by atoms with Gasteiger partial charge in [0.15, 0.2) is 0 Å². The molecule has 0 aromatic heterocycles. The van der Waals surface area contributed by atoms with Gasteiger partial charge in [-0.2, -0.15) is 0 Å². The largest absolute Gasteiger partial charge is 0.378 e. The van der Waals surface area contributed by atoms with Crippen molar-refractivity contribution in [3.63, 3.8) is 0 Å². The molecular formula is C21H24N2O2. The Morgan fingerprint density at radius 2 is 1.72 bits per heavy atom. The molecule has 0 radical (unpaired) electrons. The summed E-state index contributed by atoms with van der Waals surface area (Å²) >= 11 is 0. The van der Waals surface area contributed by atoms with E-state index in [4.69, 9.17) is 4.74 Å². The van der Waals surface area contributed by atoms with Crippen molar-refractivity contribution in [1.82, 2.24) is 4.90 Å². The van der Waals surface area contributed by atoms with Gasteiger partial charge in [0, 0.05) is 37.4 Å². The number of morpholine rings is 1. The average molecular weight is 336 g/mol. The number of para-hydroxylation sites is 1. The van der Waals surface area contributed by atoms with Crippen LogP contribution in [-0.4, -0.2) is 43.7 Å². The number of hydrogen-bond acceptors (Lipinski definition) is 3. The van der Waals surface area contributed by atoms with Crippen LogP contribution in [0.15, 0.2) is 48.5 Å². The predicted molar refractivity (Wildman–Crippen MR) is 99.0 cm³/mol. The summed E-state index contributed by atoms with van der Waals surface area (Å²) in [5.74, 6) is 0.109.